The molecule has 0 radical (unpaired) electrons. The maximum atomic E-state index is 12.0. The average Bonchev–Trinajstić information content (AvgIpc) is 1.85. The Kier molecular flexibility index (Phi) is 3.92. The van der Waals surface area contributed by atoms with E-state index in [1.165, 1.54) is 0 Å². The number of hydrogen-bond donors (Lipinski definition) is 2. The zero-order chi connectivity index (χ0) is 8.20. The summed E-state index contributed by atoms with van der Waals surface area (Å²) in [6, 6.07) is 0. The van der Waals surface area contributed by atoms with Gasteiger partial charge in [-0.05, 0) is 0 Å². The van der Waals surface area contributed by atoms with Crippen LogP contribution in [0.1, 0.15) is 6.42 Å². The van der Waals surface area contributed by atoms with E-state index in [2.05, 4.69) is 0 Å². The Morgan fingerprint density at radius 2 is 2.00 bits per heavy atom. The van der Waals surface area contributed by atoms with Crippen molar-refractivity contribution in [1.82, 2.24) is 0 Å². The van der Waals surface area contributed by atoms with Crippen LogP contribution in [0.15, 0.2) is 0 Å². The number of aliphatic hydroxyl groups is 1. The van der Waals surface area contributed by atoms with E-state index in [9.17, 15) is 13.0 Å². The van der Waals surface area contributed by atoms with Crippen LogP contribution in [0.25, 0.3) is 0 Å². The van der Waals surface area contributed by atoms with Gasteiger partial charge in [-0.25, -0.2) is 13.0 Å². The van der Waals surface area contributed by atoms with Crippen molar-refractivity contribution in [2.75, 3.05) is 12.4 Å². The minimum atomic E-state index is -3.22. The van der Waals surface area contributed by atoms with E-state index in [1.807, 2.05) is 0 Å². The first kappa shape index (κ1) is 9.93. The fraction of sp³-hybridized carbons (Fsp3) is 1.00. The van der Waals surface area contributed by atoms with E-state index in [4.69, 9.17) is 9.66 Å². The van der Waals surface area contributed by atoms with Crippen molar-refractivity contribution in [3.63, 3.8) is 0 Å². The van der Waals surface area contributed by atoms with Gasteiger partial charge < -0.3 is 9.66 Å². The van der Waals surface area contributed by atoms with Crippen molar-refractivity contribution < 1.29 is 22.6 Å². The summed E-state index contributed by atoms with van der Waals surface area (Å²) in [6.07, 6.45) is -0.757. The Bertz CT molecular complexity index is 128. The lowest BCUT2D eigenvalue weighted by atomic mass is 10.3. The van der Waals surface area contributed by atoms with Crippen LogP contribution < -0.4 is 0 Å². The molecule has 0 spiro atoms. The predicted octanol–water partition coefficient (Wildman–Crippen LogP) is 0.226. The van der Waals surface area contributed by atoms with E-state index in [0.717, 1.165) is 0 Å². The molecule has 3 nitrogen and oxygen atoms in total. The van der Waals surface area contributed by atoms with Gasteiger partial charge >= 0.3 is 0 Å². The van der Waals surface area contributed by atoms with Gasteiger partial charge in [0.25, 0.3) is 5.92 Å². The number of rotatable bonds is 4. The Morgan fingerprint density at radius 3 is 2.30 bits per heavy atom. The highest BCUT2D eigenvalue weighted by Gasteiger charge is 2.27. The first-order valence-corrected chi connectivity index (χ1v) is 3.82. The molecule has 10 heavy (non-hydrogen) atoms. The molecule has 0 heterocycles. The molecule has 0 amide bonds. The molecule has 0 bridgehead atoms. The molecule has 0 aromatic heterocycles. The molecule has 1 atom stereocenters. The first-order valence-electron chi connectivity index (χ1n) is 2.54. The Labute approximate surface area is 59.3 Å². The van der Waals surface area contributed by atoms with Crippen molar-refractivity contribution in [1.29, 1.82) is 0 Å². The fourth-order valence-electron chi connectivity index (χ4n) is 0.316. The summed E-state index contributed by atoms with van der Waals surface area (Å²) in [5.41, 5.74) is 0. The number of alkyl halides is 2. The maximum absolute atomic E-state index is 12.0. The van der Waals surface area contributed by atoms with E-state index >= 15 is 0 Å². The van der Waals surface area contributed by atoms with Crippen LogP contribution in [0, 0.1) is 0 Å². The summed E-state index contributed by atoms with van der Waals surface area (Å²) in [5.74, 6) is -3.73. The molecular weight excluding hydrogens is 166 g/mol. The van der Waals surface area contributed by atoms with Gasteiger partial charge in [0.1, 0.15) is 6.61 Å². The zero-order valence-electron chi connectivity index (χ0n) is 5.09. The number of hydrogen-bond acceptors (Lipinski definition) is 2. The smallest absolute Gasteiger partial charge is 0.271 e. The Morgan fingerprint density at radius 1 is 1.50 bits per heavy atom. The third-order valence-corrected chi connectivity index (χ3v) is 1.43. The summed E-state index contributed by atoms with van der Waals surface area (Å²) >= 11 is -2.20. The van der Waals surface area contributed by atoms with E-state index in [0.29, 0.717) is 0 Å². The molecule has 6 heteroatoms. The minimum Gasteiger partial charge on any atom is -0.390 e. The van der Waals surface area contributed by atoms with Gasteiger partial charge in [0.15, 0.2) is 11.1 Å². The highest BCUT2D eigenvalue weighted by atomic mass is 32.2. The molecular formula is C4H8F2O3S. The first-order chi connectivity index (χ1) is 4.48. The Hall–Kier alpha value is -0.0700. The van der Waals surface area contributed by atoms with Crippen LogP contribution in [-0.2, 0) is 11.1 Å². The van der Waals surface area contributed by atoms with E-state index < -0.39 is 35.8 Å². The number of halogens is 2. The van der Waals surface area contributed by atoms with Crippen molar-refractivity contribution >= 4 is 11.1 Å². The van der Waals surface area contributed by atoms with Crippen LogP contribution in [0.2, 0.25) is 0 Å². The SMILES string of the molecule is O=S(O)CCC(F)(F)CO. The van der Waals surface area contributed by atoms with Crippen LogP contribution in [0.5, 0.6) is 0 Å². The average molecular weight is 174 g/mol. The quantitative estimate of drug-likeness (QED) is 0.599. The van der Waals surface area contributed by atoms with Crippen molar-refractivity contribution in [3.8, 4) is 0 Å². The molecule has 0 aliphatic rings. The van der Waals surface area contributed by atoms with Crippen LogP contribution in [-0.4, -0.2) is 32.2 Å². The molecule has 0 saturated carbocycles. The van der Waals surface area contributed by atoms with Gasteiger partial charge in [-0.3, -0.25) is 0 Å². The summed E-state index contributed by atoms with van der Waals surface area (Å²) in [6.45, 7) is -1.27. The molecule has 0 aromatic rings. The molecule has 2 N–H and O–H groups in total. The van der Waals surface area contributed by atoms with Crippen LogP contribution >= 0.6 is 0 Å². The standard InChI is InChI=1S/C4H8F2O3S/c5-4(6,3-7)1-2-10(8)9/h7H,1-3H2,(H,8,9). The lowest BCUT2D eigenvalue weighted by Crippen LogP contribution is -2.23. The normalized spacial score (nSPS) is 15.2. The second-order valence-corrected chi connectivity index (χ2v) is 2.84. The Balaban J connectivity index is 3.56. The van der Waals surface area contributed by atoms with E-state index in [1.54, 1.807) is 0 Å². The maximum Gasteiger partial charge on any atom is 0.271 e. The third-order valence-electron chi connectivity index (χ3n) is 0.874. The van der Waals surface area contributed by atoms with Gasteiger partial charge in [0.05, 0.1) is 5.75 Å². The molecule has 62 valence electrons. The van der Waals surface area contributed by atoms with Gasteiger partial charge in [0.2, 0.25) is 0 Å². The molecule has 0 rings (SSSR count). The van der Waals surface area contributed by atoms with Crippen molar-refractivity contribution in [2.45, 2.75) is 12.3 Å². The fourth-order valence-corrected chi connectivity index (χ4v) is 0.789. The van der Waals surface area contributed by atoms with Crippen molar-refractivity contribution in [2.24, 2.45) is 0 Å². The highest BCUT2D eigenvalue weighted by molar-refractivity contribution is 7.79. The summed E-state index contributed by atoms with van der Waals surface area (Å²) < 4.78 is 42.0. The summed E-state index contributed by atoms with van der Waals surface area (Å²) in [5, 5.41) is 7.98. The second kappa shape index (κ2) is 3.95. The van der Waals surface area contributed by atoms with Gasteiger partial charge in [-0.2, -0.15) is 0 Å². The largest absolute Gasteiger partial charge is 0.390 e. The molecule has 1 unspecified atom stereocenters. The van der Waals surface area contributed by atoms with E-state index in [-0.39, 0.29) is 0 Å². The van der Waals surface area contributed by atoms with Crippen molar-refractivity contribution in [3.05, 3.63) is 0 Å². The zero-order valence-corrected chi connectivity index (χ0v) is 5.90. The number of aliphatic hydroxyl groups excluding tert-OH is 1. The molecule has 0 aliphatic carbocycles. The molecule has 0 saturated heterocycles. The molecule has 0 aromatic carbocycles. The molecule has 0 aliphatic heterocycles. The lowest BCUT2D eigenvalue weighted by Gasteiger charge is -2.10. The summed E-state index contributed by atoms with van der Waals surface area (Å²) in [4.78, 5) is 0. The van der Waals surface area contributed by atoms with Crippen LogP contribution in [0.4, 0.5) is 8.78 Å². The topological polar surface area (TPSA) is 57.5 Å². The monoisotopic (exact) mass is 174 g/mol. The second-order valence-electron chi connectivity index (χ2n) is 1.79. The summed E-state index contributed by atoms with van der Waals surface area (Å²) in [7, 11) is 0. The van der Waals surface area contributed by atoms with Gasteiger partial charge in [-0.15, -0.1) is 0 Å². The van der Waals surface area contributed by atoms with Gasteiger partial charge in [-0.1, -0.05) is 0 Å². The van der Waals surface area contributed by atoms with Gasteiger partial charge in [0, 0.05) is 6.42 Å². The lowest BCUT2D eigenvalue weighted by molar-refractivity contribution is -0.0516. The molecule has 0 fully saturated rings. The third kappa shape index (κ3) is 4.78. The minimum absolute atomic E-state index is 0.506. The highest BCUT2D eigenvalue weighted by Crippen LogP contribution is 2.16. The van der Waals surface area contributed by atoms with Crippen LogP contribution in [0.3, 0.4) is 0 Å². The predicted molar refractivity (Wildman–Crippen MR) is 32.3 cm³/mol.